The molecule has 2 saturated carbocycles. The molecular weight excluding hydrogens is 248 g/mol. The third kappa shape index (κ3) is 3.89. The van der Waals surface area contributed by atoms with E-state index in [-0.39, 0.29) is 5.92 Å². The largest absolute Gasteiger partial charge is 0.481 e. The van der Waals surface area contributed by atoms with E-state index in [0.29, 0.717) is 25.7 Å². The Kier molecular flexibility index (Phi) is 4.96. The van der Waals surface area contributed by atoms with Crippen LogP contribution in [0, 0.1) is 11.8 Å². The summed E-state index contributed by atoms with van der Waals surface area (Å²) in [7, 11) is 0. The molecule has 0 aromatic carbocycles. The van der Waals surface area contributed by atoms with E-state index in [1.165, 1.54) is 31.4 Å². The van der Waals surface area contributed by atoms with Gasteiger partial charge in [-0.3, -0.25) is 4.79 Å². The Morgan fingerprint density at radius 3 is 2.33 bits per heavy atom. The average Bonchev–Trinajstić information content (AvgIpc) is 2.82. The SMILES string of the molecule is O=C(O)C1CCC(O)(CSCC2CCCC2)CC1. The first-order valence-electron chi connectivity index (χ1n) is 7.12. The Morgan fingerprint density at radius 2 is 1.78 bits per heavy atom. The molecule has 2 aliphatic rings. The lowest BCUT2D eigenvalue weighted by atomic mass is 9.80. The van der Waals surface area contributed by atoms with Crippen LogP contribution in [-0.2, 0) is 4.79 Å². The van der Waals surface area contributed by atoms with E-state index in [1.807, 2.05) is 11.8 Å². The molecule has 2 aliphatic carbocycles. The van der Waals surface area contributed by atoms with Gasteiger partial charge in [0.25, 0.3) is 0 Å². The first kappa shape index (κ1) is 14.2. The molecule has 0 radical (unpaired) electrons. The summed E-state index contributed by atoms with van der Waals surface area (Å²) in [6.07, 6.45) is 8.03. The lowest BCUT2D eigenvalue weighted by molar-refractivity contribution is -0.144. The van der Waals surface area contributed by atoms with Gasteiger partial charge in [-0.2, -0.15) is 11.8 Å². The highest BCUT2D eigenvalue weighted by Gasteiger charge is 2.35. The van der Waals surface area contributed by atoms with Gasteiger partial charge in [0.15, 0.2) is 0 Å². The van der Waals surface area contributed by atoms with Gasteiger partial charge >= 0.3 is 5.97 Å². The Bertz CT molecular complexity index is 279. The van der Waals surface area contributed by atoms with Crippen molar-refractivity contribution >= 4 is 17.7 Å². The first-order valence-corrected chi connectivity index (χ1v) is 8.27. The van der Waals surface area contributed by atoms with Crippen LogP contribution in [-0.4, -0.2) is 33.3 Å². The minimum atomic E-state index is -0.698. The van der Waals surface area contributed by atoms with Crippen molar-refractivity contribution in [3.63, 3.8) is 0 Å². The molecular formula is C14H24O3S. The predicted molar refractivity (Wildman–Crippen MR) is 73.8 cm³/mol. The fraction of sp³-hybridized carbons (Fsp3) is 0.929. The van der Waals surface area contributed by atoms with Crippen molar-refractivity contribution in [1.29, 1.82) is 0 Å². The van der Waals surface area contributed by atoms with E-state index in [4.69, 9.17) is 5.11 Å². The molecule has 2 fully saturated rings. The van der Waals surface area contributed by atoms with E-state index >= 15 is 0 Å². The maximum absolute atomic E-state index is 10.9. The van der Waals surface area contributed by atoms with E-state index in [1.54, 1.807) is 0 Å². The summed E-state index contributed by atoms with van der Waals surface area (Å²) in [5.41, 5.74) is -0.602. The number of rotatable bonds is 5. The van der Waals surface area contributed by atoms with Crippen LogP contribution < -0.4 is 0 Å². The summed E-state index contributed by atoms with van der Waals surface area (Å²) in [4.78, 5) is 10.9. The standard InChI is InChI=1S/C14H24O3S/c15-13(16)12-5-7-14(17,8-6-12)10-18-9-11-3-1-2-4-11/h11-12,17H,1-10H2,(H,15,16). The summed E-state index contributed by atoms with van der Waals surface area (Å²) in [5, 5.41) is 19.4. The van der Waals surface area contributed by atoms with E-state index in [0.717, 1.165) is 11.7 Å². The second-order valence-electron chi connectivity index (χ2n) is 6.00. The molecule has 18 heavy (non-hydrogen) atoms. The van der Waals surface area contributed by atoms with E-state index in [2.05, 4.69) is 0 Å². The lowest BCUT2D eigenvalue weighted by Gasteiger charge is -2.34. The number of aliphatic hydroxyl groups is 1. The van der Waals surface area contributed by atoms with Crippen molar-refractivity contribution in [1.82, 2.24) is 0 Å². The third-order valence-corrected chi connectivity index (χ3v) is 5.91. The Balaban J connectivity index is 1.67. The third-order valence-electron chi connectivity index (χ3n) is 4.46. The number of carbonyl (C=O) groups is 1. The molecule has 0 atom stereocenters. The summed E-state index contributed by atoms with van der Waals surface area (Å²) >= 11 is 1.87. The fourth-order valence-electron chi connectivity index (χ4n) is 3.14. The highest BCUT2D eigenvalue weighted by molar-refractivity contribution is 7.99. The van der Waals surface area contributed by atoms with Gasteiger partial charge in [-0.1, -0.05) is 12.8 Å². The Hall–Kier alpha value is -0.220. The van der Waals surface area contributed by atoms with Crippen LogP contribution in [0.15, 0.2) is 0 Å². The smallest absolute Gasteiger partial charge is 0.306 e. The van der Waals surface area contributed by atoms with Gasteiger partial charge < -0.3 is 10.2 Å². The Labute approximate surface area is 113 Å². The topological polar surface area (TPSA) is 57.5 Å². The quantitative estimate of drug-likeness (QED) is 0.808. The lowest BCUT2D eigenvalue weighted by Crippen LogP contribution is -2.38. The zero-order valence-corrected chi connectivity index (χ0v) is 11.8. The number of thioether (sulfide) groups is 1. The molecule has 0 amide bonds. The average molecular weight is 272 g/mol. The van der Waals surface area contributed by atoms with E-state index < -0.39 is 11.6 Å². The maximum atomic E-state index is 10.9. The van der Waals surface area contributed by atoms with Gasteiger partial charge in [-0.05, 0) is 50.2 Å². The second-order valence-corrected chi connectivity index (χ2v) is 7.03. The van der Waals surface area contributed by atoms with Gasteiger partial charge in [0.05, 0.1) is 11.5 Å². The van der Waals surface area contributed by atoms with Crippen molar-refractivity contribution in [3.05, 3.63) is 0 Å². The van der Waals surface area contributed by atoms with E-state index in [9.17, 15) is 9.90 Å². The van der Waals surface area contributed by atoms with Crippen molar-refractivity contribution in [2.24, 2.45) is 11.8 Å². The van der Waals surface area contributed by atoms with Crippen LogP contribution >= 0.6 is 11.8 Å². The summed E-state index contributed by atoms with van der Waals surface area (Å²) in [6.45, 7) is 0. The molecule has 0 saturated heterocycles. The minimum Gasteiger partial charge on any atom is -0.481 e. The second kappa shape index (κ2) is 6.29. The molecule has 0 aromatic heterocycles. The van der Waals surface area contributed by atoms with Crippen LogP contribution in [0.1, 0.15) is 51.4 Å². The van der Waals surface area contributed by atoms with Crippen LogP contribution in [0.3, 0.4) is 0 Å². The summed E-state index contributed by atoms with van der Waals surface area (Å²) in [6, 6.07) is 0. The number of hydrogen-bond donors (Lipinski definition) is 2. The zero-order chi connectivity index (χ0) is 13.0. The summed E-state index contributed by atoms with van der Waals surface area (Å²) in [5.74, 6) is 1.88. The fourth-order valence-corrected chi connectivity index (χ4v) is 4.59. The molecule has 3 nitrogen and oxygen atoms in total. The van der Waals surface area contributed by atoms with Crippen molar-refractivity contribution in [2.75, 3.05) is 11.5 Å². The number of hydrogen-bond acceptors (Lipinski definition) is 3. The van der Waals surface area contributed by atoms with Gasteiger partial charge in [0.2, 0.25) is 0 Å². The van der Waals surface area contributed by atoms with Gasteiger partial charge in [0.1, 0.15) is 0 Å². The molecule has 0 unspecified atom stereocenters. The molecule has 2 N–H and O–H groups in total. The number of carboxylic acids is 1. The van der Waals surface area contributed by atoms with Crippen LogP contribution in [0.2, 0.25) is 0 Å². The van der Waals surface area contributed by atoms with Crippen molar-refractivity contribution in [2.45, 2.75) is 57.0 Å². The van der Waals surface area contributed by atoms with Crippen LogP contribution in [0.5, 0.6) is 0 Å². The van der Waals surface area contributed by atoms with Crippen LogP contribution in [0.4, 0.5) is 0 Å². The highest BCUT2D eigenvalue weighted by atomic mass is 32.2. The molecule has 0 aromatic rings. The monoisotopic (exact) mass is 272 g/mol. The van der Waals surface area contributed by atoms with Crippen LogP contribution in [0.25, 0.3) is 0 Å². The van der Waals surface area contributed by atoms with Gasteiger partial charge in [0, 0.05) is 5.75 Å². The van der Waals surface area contributed by atoms with Gasteiger partial charge in [-0.25, -0.2) is 0 Å². The van der Waals surface area contributed by atoms with Gasteiger partial charge in [-0.15, -0.1) is 0 Å². The predicted octanol–water partition coefficient (Wildman–Crippen LogP) is 2.92. The molecule has 0 aliphatic heterocycles. The first-order chi connectivity index (χ1) is 8.59. The maximum Gasteiger partial charge on any atom is 0.306 e. The summed E-state index contributed by atoms with van der Waals surface area (Å²) < 4.78 is 0. The van der Waals surface area contributed by atoms with Crippen molar-refractivity contribution < 1.29 is 15.0 Å². The number of aliphatic carboxylic acids is 1. The normalized spacial score (nSPS) is 33.7. The Morgan fingerprint density at radius 1 is 1.17 bits per heavy atom. The molecule has 2 rings (SSSR count). The molecule has 0 heterocycles. The molecule has 0 spiro atoms. The minimum absolute atomic E-state index is 0.231. The molecule has 104 valence electrons. The molecule has 4 heteroatoms. The number of carboxylic acid groups (broad SMARTS) is 1. The highest BCUT2D eigenvalue weighted by Crippen LogP contribution is 2.36. The zero-order valence-electron chi connectivity index (χ0n) is 10.9. The van der Waals surface area contributed by atoms with Crippen molar-refractivity contribution in [3.8, 4) is 0 Å². The molecule has 0 bridgehead atoms.